The van der Waals surface area contributed by atoms with E-state index in [2.05, 4.69) is 33.8 Å². The summed E-state index contributed by atoms with van der Waals surface area (Å²) in [5.41, 5.74) is 0.953. The number of hydrogen-bond donors (Lipinski definition) is 0. The van der Waals surface area contributed by atoms with Gasteiger partial charge in [0, 0.05) is 31.3 Å². The van der Waals surface area contributed by atoms with Crippen molar-refractivity contribution in [1.82, 2.24) is 0 Å². The first-order valence-electron chi connectivity index (χ1n) is 14.3. The SMILES string of the molecule is CCOC(=O)/C=C/[C@@H](C)C1=CC[C@H]2[C@@H]3[C@H](OC(C)=O)C[C@@H]4C[C@H](C)CC[C@]4(C)[C@H]3C[C@@H](OC(C)=O)[C@]12C. The molecule has 3 saturated carbocycles. The highest BCUT2D eigenvalue weighted by atomic mass is 16.5. The topological polar surface area (TPSA) is 78.9 Å². The normalized spacial score (nSPS) is 41.6. The van der Waals surface area contributed by atoms with Gasteiger partial charge in [-0.3, -0.25) is 9.59 Å². The van der Waals surface area contributed by atoms with E-state index in [-0.39, 0.29) is 53.3 Å². The number of carbonyl (C=O) groups excluding carboxylic acids is 3. The average Bonchev–Trinajstić information content (AvgIpc) is 3.17. The van der Waals surface area contributed by atoms with Crippen LogP contribution in [0.1, 0.15) is 87.0 Å². The van der Waals surface area contributed by atoms with Gasteiger partial charge in [-0.15, -0.1) is 0 Å². The fourth-order valence-corrected chi connectivity index (χ4v) is 8.88. The first kappa shape index (κ1) is 27.9. The van der Waals surface area contributed by atoms with Crippen molar-refractivity contribution in [3.05, 3.63) is 23.8 Å². The van der Waals surface area contributed by atoms with Gasteiger partial charge in [-0.1, -0.05) is 51.8 Å². The number of rotatable bonds is 6. The van der Waals surface area contributed by atoms with Gasteiger partial charge >= 0.3 is 17.9 Å². The molecule has 0 N–H and O–H groups in total. The zero-order chi connectivity index (χ0) is 27.1. The molecule has 0 heterocycles. The number of fused-ring (bicyclic) bond motifs is 5. The lowest BCUT2D eigenvalue weighted by Gasteiger charge is -2.64. The predicted octanol–water partition coefficient (Wildman–Crippen LogP) is 6.04. The van der Waals surface area contributed by atoms with Gasteiger partial charge in [0.2, 0.25) is 0 Å². The number of allylic oxidation sites excluding steroid dienone is 2. The highest BCUT2D eigenvalue weighted by Gasteiger charge is 2.65. The van der Waals surface area contributed by atoms with Crippen molar-refractivity contribution < 1.29 is 28.6 Å². The maximum absolute atomic E-state index is 12.4. The minimum absolute atomic E-state index is 0.0105. The van der Waals surface area contributed by atoms with E-state index < -0.39 is 5.41 Å². The van der Waals surface area contributed by atoms with Gasteiger partial charge in [-0.25, -0.2) is 4.79 Å². The molecule has 6 nitrogen and oxygen atoms in total. The lowest BCUT2D eigenvalue weighted by Crippen LogP contribution is -2.62. The van der Waals surface area contributed by atoms with Crippen molar-refractivity contribution in [3.63, 3.8) is 0 Å². The monoisotopic (exact) mass is 514 g/mol. The van der Waals surface area contributed by atoms with Gasteiger partial charge in [0.05, 0.1) is 6.61 Å². The largest absolute Gasteiger partial charge is 0.463 e. The van der Waals surface area contributed by atoms with E-state index >= 15 is 0 Å². The molecule has 10 atom stereocenters. The molecule has 4 aliphatic rings. The summed E-state index contributed by atoms with van der Waals surface area (Å²) in [5.74, 6) is 1.10. The summed E-state index contributed by atoms with van der Waals surface area (Å²) in [7, 11) is 0. The van der Waals surface area contributed by atoms with Crippen LogP contribution in [0.3, 0.4) is 0 Å². The highest BCUT2D eigenvalue weighted by molar-refractivity contribution is 5.82. The predicted molar refractivity (Wildman–Crippen MR) is 141 cm³/mol. The second-order valence-corrected chi connectivity index (χ2v) is 12.7. The average molecular weight is 515 g/mol. The Labute approximate surface area is 222 Å². The zero-order valence-corrected chi connectivity index (χ0v) is 23.8. The second kappa shape index (κ2) is 10.6. The van der Waals surface area contributed by atoms with Gasteiger partial charge in [-0.2, -0.15) is 0 Å². The Morgan fingerprint density at radius 2 is 1.78 bits per heavy atom. The van der Waals surface area contributed by atoms with Crippen LogP contribution in [-0.2, 0) is 28.6 Å². The lowest BCUT2D eigenvalue weighted by atomic mass is 9.42. The molecule has 0 unspecified atom stereocenters. The Bertz CT molecular complexity index is 967. The van der Waals surface area contributed by atoms with Crippen LogP contribution < -0.4 is 0 Å². The van der Waals surface area contributed by atoms with Crippen LogP contribution in [0.15, 0.2) is 23.8 Å². The summed E-state index contributed by atoms with van der Waals surface area (Å²) >= 11 is 0. The second-order valence-electron chi connectivity index (χ2n) is 12.7. The zero-order valence-electron chi connectivity index (χ0n) is 23.8. The van der Waals surface area contributed by atoms with Crippen molar-refractivity contribution in [3.8, 4) is 0 Å². The summed E-state index contributed by atoms with van der Waals surface area (Å²) < 4.78 is 17.4. The van der Waals surface area contributed by atoms with Crippen molar-refractivity contribution in [2.75, 3.05) is 6.61 Å². The van der Waals surface area contributed by atoms with Crippen molar-refractivity contribution in [2.24, 2.45) is 46.3 Å². The summed E-state index contributed by atoms with van der Waals surface area (Å²) in [4.78, 5) is 36.7. The molecule has 0 spiro atoms. The fraction of sp³-hybridized carbons (Fsp3) is 0.774. The summed E-state index contributed by atoms with van der Waals surface area (Å²) in [6, 6.07) is 0. The van der Waals surface area contributed by atoms with Crippen LogP contribution in [0.2, 0.25) is 0 Å². The molecule has 0 aromatic heterocycles. The van der Waals surface area contributed by atoms with E-state index in [0.717, 1.165) is 25.7 Å². The van der Waals surface area contributed by atoms with Gasteiger partial charge in [0.1, 0.15) is 12.2 Å². The van der Waals surface area contributed by atoms with Crippen molar-refractivity contribution in [1.29, 1.82) is 0 Å². The molecule has 3 fully saturated rings. The Morgan fingerprint density at radius 1 is 1.08 bits per heavy atom. The molecule has 0 bridgehead atoms. The summed E-state index contributed by atoms with van der Waals surface area (Å²) in [6.07, 6.45) is 11.4. The molecule has 0 aromatic rings. The van der Waals surface area contributed by atoms with E-state index in [1.807, 2.05) is 6.08 Å². The van der Waals surface area contributed by atoms with Gasteiger partial charge in [0.25, 0.3) is 0 Å². The third kappa shape index (κ3) is 5.02. The van der Waals surface area contributed by atoms with Crippen molar-refractivity contribution >= 4 is 17.9 Å². The molecular weight excluding hydrogens is 468 g/mol. The van der Waals surface area contributed by atoms with E-state index in [9.17, 15) is 14.4 Å². The molecule has 206 valence electrons. The minimum Gasteiger partial charge on any atom is -0.463 e. The third-order valence-corrected chi connectivity index (χ3v) is 10.6. The van der Waals surface area contributed by atoms with Crippen LogP contribution in [0.4, 0.5) is 0 Å². The number of ether oxygens (including phenoxy) is 3. The van der Waals surface area contributed by atoms with Crippen LogP contribution in [0.5, 0.6) is 0 Å². The molecule has 0 aliphatic heterocycles. The summed E-state index contributed by atoms with van der Waals surface area (Å²) in [6.45, 7) is 14.3. The van der Waals surface area contributed by atoms with Gasteiger partial charge < -0.3 is 14.2 Å². The van der Waals surface area contributed by atoms with Gasteiger partial charge in [0.15, 0.2) is 0 Å². The Morgan fingerprint density at radius 3 is 2.43 bits per heavy atom. The van der Waals surface area contributed by atoms with Crippen LogP contribution in [0, 0.1) is 46.3 Å². The molecule has 0 saturated heterocycles. The quantitative estimate of drug-likeness (QED) is 0.186. The Hall–Kier alpha value is -2.11. The minimum atomic E-state index is -0.394. The first-order valence-corrected chi connectivity index (χ1v) is 14.3. The Balaban J connectivity index is 1.73. The van der Waals surface area contributed by atoms with E-state index in [1.54, 1.807) is 6.92 Å². The standard InChI is InChI=1S/C31H46O6/c1-8-35-28(34)12-9-19(3)23-10-11-24-29-25(17-27(31(23,24)7)37-21(5)33)30(6)14-13-18(2)15-22(30)16-26(29)36-20(4)32/h9-10,12,18-19,22,24-27,29H,8,11,13-17H2,1-7H3/b12-9+/t18-,19-,22+,24+,25+,26-,27-,29+,30+,31-/m1/s1. The van der Waals surface area contributed by atoms with Crippen LogP contribution >= 0.6 is 0 Å². The van der Waals surface area contributed by atoms with Crippen LogP contribution in [-0.4, -0.2) is 36.7 Å². The molecule has 0 radical (unpaired) electrons. The molecule has 0 aromatic carbocycles. The number of carbonyl (C=O) groups is 3. The molecule has 6 heteroatoms. The fourth-order valence-electron chi connectivity index (χ4n) is 8.88. The molecule has 0 amide bonds. The molecule has 4 aliphatic carbocycles. The van der Waals surface area contributed by atoms with Gasteiger partial charge in [-0.05, 0) is 74.0 Å². The lowest BCUT2D eigenvalue weighted by molar-refractivity contribution is -0.211. The number of hydrogen-bond acceptors (Lipinski definition) is 6. The summed E-state index contributed by atoms with van der Waals surface area (Å²) in [5, 5.41) is 0. The van der Waals surface area contributed by atoms with E-state index in [1.165, 1.54) is 38.3 Å². The first-order chi connectivity index (χ1) is 17.4. The van der Waals surface area contributed by atoms with Crippen LogP contribution in [0.25, 0.3) is 0 Å². The van der Waals surface area contributed by atoms with Crippen molar-refractivity contribution in [2.45, 2.75) is 99.2 Å². The molecule has 37 heavy (non-hydrogen) atoms. The number of esters is 3. The van der Waals surface area contributed by atoms with E-state index in [4.69, 9.17) is 14.2 Å². The smallest absolute Gasteiger partial charge is 0.330 e. The maximum Gasteiger partial charge on any atom is 0.330 e. The molecular formula is C31H46O6. The highest BCUT2D eigenvalue weighted by Crippen LogP contribution is 2.68. The third-order valence-electron chi connectivity index (χ3n) is 10.6. The maximum atomic E-state index is 12.4. The van der Waals surface area contributed by atoms with E-state index in [0.29, 0.717) is 24.4 Å². The molecule has 4 rings (SSSR count). The Kier molecular flexibility index (Phi) is 7.97.